The van der Waals surface area contributed by atoms with Crippen molar-refractivity contribution in [3.05, 3.63) is 127 Å². The Hall–Kier alpha value is -3.38. The van der Waals surface area contributed by atoms with Gasteiger partial charge in [-0.1, -0.05) is 81.8 Å². The van der Waals surface area contributed by atoms with Gasteiger partial charge in [0.25, 0.3) is 20.0 Å². The Balaban J connectivity index is 0.000000174. The molecular weight excluding hydrogens is 960 g/mol. The van der Waals surface area contributed by atoms with Gasteiger partial charge in [-0.3, -0.25) is 4.79 Å². The molecule has 336 valence electrons. The fraction of sp³-hybridized carbons (Fsp3) is 0.341. The van der Waals surface area contributed by atoms with Crippen LogP contribution in [0.4, 0.5) is 13.2 Å². The van der Waals surface area contributed by atoms with Gasteiger partial charge in [-0.15, -0.1) is 0 Å². The third-order valence-corrected chi connectivity index (χ3v) is 16.9. The van der Waals surface area contributed by atoms with Gasteiger partial charge in [-0.2, -0.15) is 13.2 Å². The Morgan fingerprint density at radius 3 is 1.56 bits per heavy atom. The number of benzene rings is 4. The SMILES string of the molecule is C1CCOC1.Cc1ccc(S(=O)(=O)n2c3c(c4cc(Cl)c(Cl)cc42)CCC3(O[Si](C)(C)C)C(F)(F)F)cc1.Cc1ccc(S(=O)(=O)n2c3c(c4cc(Cl)c(Cl)cc42)CCC3=O)cc1. The number of halogens is 7. The van der Waals surface area contributed by atoms with E-state index in [-0.39, 0.29) is 53.8 Å². The second-order valence-electron chi connectivity index (χ2n) is 16.7. The van der Waals surface area contributed by atoms with Crippen LogP contribution in [0.25, 0.3) is 21.8 Å². The highest BCUT2D eigenvalue weighted by Crippen LogP contribution is 2.56. The molecule has 0 spiro atoms. The van der Waals surface area contributed by atoms with E-state index in [1.165, 1.54) is 43.2 Å². The zero-order chi connectivity index (χ0) is 46.0. The zero-order valence-corrected chi connectivity index (χ0v) is 40.5. The summed E-state index contributed by atoms with van der Waals surface area (Å²) >= 11 is 24.6. The number of rotatable bonds is 6. The summed E-state index contributed by atoms with van der Waals surface area (Å²) in [6, 6.07) is 18.4. The van der Waals surface area contributed by atoms with Crippen LogP contribution in [0.15, 0.2) is 82.6 Å². The summed E-state index contributed by atoms with van der Waals surface area (Å²) < 4.78 is 111. The first-order valence-corrected chi connectivity index (χ1v) is 27.8. The van der Waals surface area contributed by atoms with Crippen molar-refractivity contribution >= 4 is 102 Å². The van der Waals surface area contributed by atoms with Crippen molar-refractivity contribution < 1.29 is 44.0 Å². The van der Waals surface area contributed by atoms with Crippen molar-refractivity contribution in [3.63, 3.8) is 0 Å². The van der Waals surface area contributed by atoms with Crippen LogP contribution in [0, 0.1) is 13.8 Å². The Morgan fingerprint density at radius 2 is 1.11 bits per heavy atom. The summed E-state index contributed by atoms with van der Waals surface area (Å²) in [6.45, 7) is 10.6. The predicted molar refractivity (Wildman–Crippen MR) is 245 cm³/mol. The third kappa shape index (κ3) is 8.86. The summed E-state index contributed by atoms with van der Waals surface area (Å²) in [4.78, 5) is 12.4. The van der Waals surface area contributed by atoms with E-state index in [0.29, 0.717) is 39.7 Å². The van der Waals surface area contributed by atoms with Gasteiger partial charge >= 0.3 is 6.18 Å². The number of nitrogens with zero attached hydrogens (tertiary/aromatic N) is 2. The topological polar surface area (TPSA) is 114 Å². The highest BCUT2D eigenvalue weighted by molar-refractivity contribution is 7.90. The van der Waals surface area contributed by atoms with E-state index in [4.69, 9.17) is 55.6 Å². The largest absolute Gasteiger partial charge is 0.422 e. The lowest BCUT2D eigenvalue weighted by atomic mass is 10.0. The van der Waals surface area contributed by atoms with Crippen LogP contribution in [0.5, 0.6) is 0 Å². The minimum absolute atomic E-state index is 0.00972. The molecule has 1 atom stereocenters. The lowest BCUT2D eigenvalue weighted by molar-refractivity contribution is -0.258. The zero-order valence-electron chi connectivity index (χ0n) is 34.8. The molecule has 3 heterocycles. The minimum Gasteiger partial charge on any atom is -0.399 e. The number of carbonyl (C=O) groups excluding carboxylic acids is 1. The van der Waals surface area contributed by atoms with Gasteiger partial charge in [0.15, 0.2) is 19.7 Å². The molecule has 19 heteroatoms. The molecule has 1 fully saturated rings. The monoisotopic (exact) mass is 1000 g/mol. The van der Waals surface area contributed by atoms with Gasteiger partial charge in [0.05, 0.1) is 46.6 Å². The number of carbonyl (C=O) groups is 1. The van der Waals surface area contributed by atoms with Crippen LogP contribution < -0.4 is 0 Å². The van der Waals surface area contributed by atoms with Gasteiger partial charge in [-0.25, -0.2) is 24.8 Å². The van der Waals surface area contributed by atoms with Crippen molar-refractivity contribution in [2.45, 2.75) is 93.6 Å². The quantitative estimate of drug-likeness (QED) is 0.153. The summed E-state index contributed by atoms with van der Waals surface area (Å²) in [5, 5.41) is 1.74. The second kappa shape index (κ2) is 17.4. The molecule has 1 aliphatic heterocycles. The molecule has 1 unspecified atom stereocenters. The minimum atomic E-state index is -4.85. The van der Waals surface area contributed by atoms with Gasteiger partial charge in [0, 0.05) is 30.4 Å². The molecule has 0 N–H and O–H groups in total. The number of ketones is 1. The van der Waals surface area contributed by atoms with Gasteiger partial charge in [-0.05, 0) is 125 Å². The van der Waals surface area contributed by atoms with E-state index in [1.807, 2.05) is 6.92 Å². The number of aromatic nitrogens is 2. The van der Waals surface area contributed by atoms with Crippen molar-refractivity contribution in [2.75, 3.05) is 13.2 Å². The van der Waals surface area contributed by atoms with Crippen molar-refractivity contribution in [1.82, 2.24) is 7.94 Å². The van der Waals surface area contributed by atoms with Crippen LogP contribution in [-0.2, 0) is 47.7 Å². The predicted octanol–water partition coefficient (Wildman–Crippen LogP) is 12.5. The molecule has 4 aromatic carbocycles. The van der Waals surface area contributed by atoms with Crippen LogP contribution in [0.3, 0.4) is 0 Å². The van der Waals surface area contributed by atoms with E-state index in [9.17, 15) is 34.8 Å². The smallest absolute Gasteiger partial charge is 0.399 e. The molecule has 2 aliphatic carbocycles. The van der Waals surface area contributed by atoms with Crippen molar-refractivity contribution in [3.8, 4) is 0 Å². The first-order valence-electron chi connectivity index (χ1n) is 20.0. The van der Waals surface area contributed by atoms with Crippen molar-refractivity contribution in [1.29, 1.82) is 0 Å². The molecule has 3 aliphatic rings. The summed E-state index contributed by atoms with van der Waals surface area (Å²) in [5.74, 6) is -0.186. The van der Waals surface area contributed by atoms with Gasteiger partial charge in [0.1, 0.15) is 5.69 Å². The molecule has 0 amide bonds. The number of Topliss-reactive ketones (excluding diaryl/α,β-unsaturated/α-hetero) is 1. The highest BCUT2D eigenvalue weighted by atomic mass is 35.5. The summed E-state index contributed by atoms with van der Waals surface area (Å²) in [5.41, 5.74) is 0.216. The van der Waals surface area contributed by atoms with Crippen LogP contribution >= 0.6 is 46.4 Å². The van der Waals surface area contributed by atoms with Gasteiger partial charge in [0.2, 0.25) is 0 Å². The molecule has 2 aromatic heterocycles. The molecule has 9 nitrogen and oxygen atoms in total. The molecule has 0 bridgehead atoms. The number of hydrogen-bond acceptors (Lipinski definition) is 7. The van der Waals surface area contributed by atoms with Crippen LogP contribution in [0.2, 0.25) is 39.7 Å². The standard InChI is InChI=1S/C22H22Cl2F3NO3SSi.C18H13Cl2NO3S.C4H8O/c1-13-5-7-14(8-6-13)32(29,30)28-19-12-18(24)17(23)11-16(19)15-9-10-21(20(15)28,22(25,26)27)31-33(2,3)4;1-10-2-4-11(5-3-10)25(23,24)21-16-9-15(20)14(19)8-13(16)12-6-7-17(22)18(12)21;1-2-4-5-3-1/h5-8,11-12H,9-10H2,1-4H3;2-5,8-9H,6-7H2,1H3;1-4H2. The Bertz CT molecular complexity index is 2990. The summed E-state index contributed by atoms with van der Waals surface area (Å²) in [7, 11) is -11.2. The number of aryl methyl sites for hydroxylation is 4. The Labute approximate surface area is 385 Å². The average Bonchev–Trinajstić information content (AvgIpc) is 4.04. The lowest BCUT2D eigenvalue weighted by Crippen LogP contribution is -2.50. The van der Waals surface area contributed by atoms with Gasteiger partial charge < -0.3 is 9.16 Å². The number of ether oxygens (including phenoxy) is 1. The van der Waals surface area contributed by atoms with Crippen LogP contribution in [-0.4, -0.2) is 58.3 Å². The van der Waals surface area contributed by atoms with Crippen molar-refractivity contribution in [2.24, 2.45) is 0 Å². The molecular formula is C44H43Cl4F3N2O7S2Si. The van der Waals surface area contributed by atoms with E-state index in [1.54, 1.807) is 69.0 Å². The van der Waals surface area contributed by atoms with E-state index in [2.05, 4.69) is 0 Å². The molecule has 9 rings (SSSR count). The van der Waals surface area contributed by atoms with Crippen LogP contribution in [0.1, 0.15) is 64.1 Å². The third-order valence-electron chi connectivity index (χ3n) is 11.0. The first kappa shape index (κ1) is 47.6. The maximum absolute atomic E-state index is 14.8. The lowest BCUT2D eigenvalue weighted by Gasteiger charge is -2.38. The molecule has 1 saturated heterocycles. The number of hydrogen-bond donors (Lipinski definition) is 0. The Morgan fingerprint density at radius 1 is 0.667 bits per heavy atom. The van der Waals surface area contributed by atoms with E-state index in [0.717, 1.165) is 32.3 Å². The fourth-order valence-electron chi connectivity index (χ4n) is 8.20. The Kier molecular flexibility index (Phi) is 13.2. The fourth-order valence-corrected chi connectivity index (χ4v) is 13.4. The highest BCUT2D eigenvalue weighted by Gasteiger charge is 2.64. The molecule has 0 saturated carbocycles. The maximum Gasteiger partial charge on any atom is 0.422 e. The molecule has 63 heavy (non-hydrogen) atoms. The first-order chi connectivity index (χ1) is 29.4. The summed E-state index contributed by atoms with van der Waals surface area (Å²) in [6.07, 6.45) is -1.92. The maximum atomic E-state index is 14.8. The van der Waals surface area contributed by atoms with E-state index < -0.39 is 52.3 Å². The number of alkyl halides is 3. The molecule has 0 radical (unpaired) electrons. The van der Waals surface area contributed by atoms with E-state index >= 15 is 0 Å². The normalized spacial score (nSPS) is 17.7. The molecule has 6 aromatic rings. The average molecular weight is 1000 g/mol. The number of fused-ring (bicyclic) bond motifs is 6. The second-order valence-corrected chi connectivity index (χ2v) is 26.3.